The van der Waals surface area contributed by atoms with Crippen molar-refractivity contribution in [3.05, 3.63) is 23.8 Å². The van der Waals surface area contributed by atoms with Crippen LogP contribution in [0.4, 0.5) is 0 Å². The molecule has 2 unspecified atom stereocenters. The molecule has 1 aromatic carbocycles. The van der Waals surface area contributed by atoms with Gasteiger partial charge in [0.05, 0.1) is 14.2 Å². The van der Waals surface area contributed by atoms with E-state index in [2.05, 4.69) is 25.2 Å². The molecule has 114 valence electrons. The number of rotatable bonds is 9. The Morgan fingerprint density at radius 1 is 1.10 bits per heavy atom. The van der Waals surface area contributed by atoms with Crippen LogP contribution in [0.5, 0.6) is 11.5 Å². The number of ether oxygens (including phenoxy) is 3. The third-order valence-corrected chi connectivity index (χ3v) is 3.35. The SMILES string of the molecule is CCNC(CC(C)COC)c1ccc(OC)c(OC)c1. The van der Waals surface area contributed by atoms with Crippen LogP contribution in [0.3, 0.4) is 0 Å². The first kappa shape index (κ1) is 16.8. The monoisotopic (exact) mass is 281 g/mol. The molecular formula is C16H27NO3. The van der Waals surface area contributed by atoms with Crippen LogP contribution >= 0.6 is 0 Å². The molecule has 4 nitrogen and oxygen atoms in total. The molecule has 4 heteroatoms. The molecule has 0 saturated carbocycles. The lowest BCUT2D eigenvalue weighted by Crippen LogP contribution is -2.24. The molecule has 0 fully saturated rings. The van der Waals surface area contributed by atoms with Crippen LogP contribution in [0.15, 0.2) is 18.2 Å². The topological polar surface area (TPSA) is 39.7 Å². The minimum Gasteiger partial charge on any atom is -0.493 e. The van der Waals surface area contributed by atoms with Gasteiger partial charge in [0.15, 0.2) is 11.5 Å². The highest BCUT2D eigenvalue weighted by Crippen LogP contribution is 2.31. The number of hydrogen-bond donors (Lipinski definition) is 1. The lowest BCUT2D eigenvalue weighted by atomic mass is 9.96. The Kier molecular flexibility index (Phi) is 7.41. The van der Waals surface area contributed by atoms with E-state index in [1.54, 1.807) is 21.3 Å². The van der Waals surface area contributed by atoms with Crippen LogP contribution in [0.25, 0.3) is 0 Å². The Morgan fingerprint density at radius 2 is 1.80 bits per heavy atom. The average Bonchev–Trinajstić information content (AvgIpc) is 2.46. The van der Waals surface area contributed by atoms with Crippen molar-refractivity contribution in [1.82, 2.24) is 5.32 Å². The van der Waals surface area contributed by atoms with E-state index in [1.165, 1.54) is 5.56 Å². The van der Waals surface area contributed by atoms with Crippen LogP contribution in [0, 0.1) is 5.92 Å². The van der Waals surface area contributed by atoms with Crippen molar-refractivity contribution in [3.8, 4) is 11.5 Å². The van der Waals surface area contributed by atoms with Crippen molar-refractivity contribution in [3.63, 3.8) is 0 Å². The van der Waals surface area contributed by atoms with Crippen LogP contribution < -0.4 is 14.8 Å². The molecule has 1 N–H and O–H groups in total. The van der Waals surface area contributed by atoms with Gasteiger partial charge < -0.3 is 19.5 Å². The van der Waals surface area contributed by atoms with E-state index >= 15 is 0 Å². The van der Waals surface area contributed by atoms with Crippen LogP contribution in [-0.2, 0) is 4.74 Å². The molecule has 0 spiro atoms. The van der Waals surface area contributed by atoms with Gasteiger partial charge in [-0.05, 0) is 36.6 Å². The minimum atomic E-state index is 0.296. The summed E-state index contributed by atoms with van der Waals surface area (Å²) < 4.78 is 15.9. The fraction of sp³-hybridized carbons (Fsp3) is 0.625. The minimum absolute atomic E-state index is 0.296. The van der Waals surface area contributed by atoms with E-state index in [0.29, 0.717) is 12.0 Å². The smallest absolute Gasteiger partial charge is 0.161 e. The summed E-state index contributed by atoms with van der Waals surface area (Å²) in [6.45, 7) is 6.03. The summed E-state index contributed by atoms with van der Waals surface area (Å²) in [7, 11) is 5.06. The van der Waals surface area contributed by atoms with Gasteiger partial charge in [-0.25, -0.2) is 0 Å². The van der Waals surface area contributed by atoms with Crippen molar-refractivity contribution in [1.29, 1.82) is 0 Å². The molecule has 2 atom stereocenters. The van der Waals surface area contributed by atoms with Crippen LogP contribution in [0.2, 0.25) is 0 Å². The molecule has 0 aliphatic heterocycles. The zero-order chi connectivity index (χ0) is 15.0. The normalized spacial score (nSPS) is 13.8. The van der Waals surface area contributed by atoms with Crippen molar-refractivity contribution in [2.45, 2.75) is 26.3 Å². The first-order valence-electron chi connectivity index (χ1n) is 7.10. The fourth-order valence-corrected chi connectivity index (χ4v) is 2.41. The van der Waals surface area contributed by atoms with Gasteiger partial charge in [0.2, 0.25) is 0 Å². The Labute approximate surface area is 122 Å². The van der Waals surface area contributed by atoms with Crippen molar-refractivity contribution < 1.29 is 14.2 Å². The molecule has 1 aromatic rings. The fourth-order valence-electron chi connectivity index (χ4n) is 2.41. The molecule has 20 heavy (non-hydrogen) atoms. The van der Waals surface area contributed by atoms with E-state index in [9.17, 15) is 0 Å². The van der Waals surface area contributed by atoms with Gasteiger partial charge in [-0.2, -0.15) is 0 Å². The maximum absolute atomic E-state index is 5.38. The zero-order valence-corrected chi connectivity index (χ0v) is 13.2. The Balaban J connectivity index is 2.90. The van der Waals surface area contributed by atoms with E-state index in [4.69, 9.17) is 14.2 Å². The third kappa shape index (κ3) is 4.69. The summed E-state index contributed by atoms with van der Waals surface area (Å²) in [4.78, 5) is 0. The van der Waals surface area contributed by atoms with E-state index in [0.717, 1.165) is 31.1 Å². The highest BCUT2D eigenvalue weighted by atomic mass is 16.5. The first-order chi connectivity index (χ1) is 9.65. The largest absolute Gasteiger partial charge is 0.493 e. The standard InChI is InChI=1S/C16H27NO3/c1-6-17-14(9-12(2)11-18-3)13-7-8-15(19-4)16(10-13)20-5/h7-8,10,12,14,17H,6,9,11H2,1-5H3. The molecule has 0 aromatic heterocycles. The molecule has 0 aliphatic carbocycles. The maximum atomic E-state index is 5.38. The highest BCUT2D eigenvalue weighted by molar-refractivity contribution is 5.43. The van der Waals surface area contributed by atoms with Crippen LogP contribution in [-0.4, -0.2) is 34.5 Å². The third-order valence-electron chi connectivity index (χ3n) is 3.35. The van der Waals surface area contributed by atoms with Gasteiger partial charge in [-0.1, -0.05) is 19.9 Å². The molecule has 0 amide bonds. The Hall–Kier alpha value is -1.26. The highest BCUT2D eigenvalue weighted by Gasteiger charge is 2.16. The summed E-state index contributed by atoms with van der Waals surface area (Å²) in [6.07, 6.45) is 1.02. The van der Waals surface area contributed by atoms with Crippen molar-refractivity contribution >= 4 is 0 Å². The lowest BCUT2D eigenvalue weighted by molar-refractivity contribution is 0.149. The van der Waals surface area contributed by atoms with Gasteiger partial charge in [0.1, 0.15) is 0 Å². The summed E-state index contributed by atoms with van der Waals surface area (Å²) in [6, 6.07) is 6.39. The predicted molar refractivity (Wildman–Crippen MR) is 81.6 cm³/mol. The van der Waals surface area contributed by atoms with Gasteiger partial charge in [-0.15, -0.1) is 0 Å². The summed E-state index contributed by atoms with van der Waals surface area (Å²) in [5, 5.41) is 3.53. The second-order valence-electron chi connectivity index (χ2n) is 5.02. The maximum Gasteiger partial charge on any atom is 0.161 e. The molecule has 0 aliphatic rings. The molecule has 0 bridgehead atoms. The molecule has 0 heterocycles. The van der Waals surface area contributed by atoms with Crippen molar-refractivity contribution in [2.24, 2.45) is 5.92 Å². The van der Waals surface area contributed by atoms with E-state index in [-0.39, 0.29) is 0 Å². The summed E-state index contributed by atoms with van der Waals surface area (Å²) in [5.74, 6) is 2.03. The van der Waals surface area contributed by atoms with Crippen LogP contribution in [0.1, 0.15) is 31.9 Å². The zero-order valence-electron chi connectivity index (χ0n) is 13.2. The molecule has 1 rings (SSSR count). The number of methoxy groups -OCH3 is 3. The molecule has 0 radical (unpaired) electrons. The predicted octanol–water partition coefficient (Wildman–Crippen LogP) is 3.03. The van der Waals surface area contributed by atoms with Crippen molar-refractivity contribution in [2.75, 3.05) is 34.5 Å². The van der Waals surface area contributed by atoms with Gasteiger partial charge in [0, 0.05) is 19.8 Å². The summed E-state index contributed by atoms with van der Waals surface area (Å²) >= 11 is 0. The molecular weight excluding hydrogens is 254 g/mol. The second kappa shape index (κ2) is 8.82. The second-order valence-corrected chi connectivity index (χ2v) is 5.02. The summed E-state index contributed by atoms with van der Waals surface area (Å²) in [5.41, 5.74) is 1.22. The van der Waals surface area contributed by atoms with E-state index in [1.807, 2.05) is 12.1 Å². The lowest BCUT2D eigenvalue weighted by Gasteiger charge is -2.23. The molecule has 0 saturated heterocycles. The first-order valence-corrected chi connectivity index (χ1v) is 7.10. The number of benzene rings is 1. The van der Waals surface area contributed by atoms with E-state index < -0.39 is 0 Å². The number of nitrogens with one attached hydrogen (secondary N) is 1. The average molecular weight is 281 g/mol. The van der Waals surface area contributed by atoms with Gasteiger partial charge in [0.25, 0.3) is 0 Å². The van der Waals surface area contributed by atoms with Gasteiger partial charge >= 0.3 is 0 Å². The van der Waals surface area contributed by atoms with Gasteiger partial charge in [-0.3, -0.25) is 0 Å². The Bertz CT molecular complexity index is 395. The Morgan fingerprint density at radius 3 is 2.35 bits per heavy atom. The quantitative estimate of drug-likeness (QED) is 0.755. The number of hydrogen-bond acceptors (Lipinski definition) is 4.